The number of hydrogen-bond donors (Lipinski definition) is 1. The molecule has 1 unspecified atom stereocenters. The number of rotatable bonds is 3. The van der Waals surface area contributed by atoms with Gasteiger partial charge >= 0.3 is 12.0 Å². The molecule has 1 saturated heterocycles. The first kappa shape index (κ1) is 14.5. The number of carbonyl (C=O) groups is 1. The Balaban J connectivity index is 1.90. The molecule has 1 fully saturated rings. The van der Waals surface area contributed by atoms with Crippen LogP contribution in [0.3, 0.4) is 0 Å². The Kier molecular flexibility index (Phi) is 4.70. The van der Waals surface area contributed by atoms with Crippen molar-refractivity contribution in [3.63, 3.8) is 0 Å². The van der Waals surface area contributed by atoms with E-state index in [1.54, 1.807) is 4.90 Å². The zero-order chi connectivity index (χ0) is 14.5. The summed E-state index contributed by atoms with van der Waals surface area (Å²) in [5, 5.41) is 2.85. The van der Waals surface area contributed by atoms with Crippen LogP contribution in [-0.2, 0) is 0 Å². The smallest absolute Gasteiger partial charge is 0.317 e. The molecule has 6 nitrogen and oxygen atoms in total. The van der Waals surface area contributed by atoms with Gasteiger partial charge in [0.1, 0.15) is 6.10 Å². The molecule has 20 heavy (non-hydrogen) atoms. The average molecular weight is 282 g/mol. The summed E-state index contributed by atoms with van der Waals surface area (Å²) >= 11 is 0. The zero-order valence-corrected chi connectivity index (χ0v) is 11.7. The summed E-state index contributed by atoms with van der Waals surface area (Å²) in [7, 11) is 0. The van der Waals surface area contributed by atoms with Crippen LogP contribution < -0.4 is 10.1 Å². The lowest BCUT2D eigenvalue weighted by atomic mass is 10.1. The Hall–Kier alpha value is -1.92. The standard InChI is InChI=1S/C13H19FN4O2/c1-9(2)17-13(19)18-5-3-4-11(8-18)20-12-15-6-10(14)7-16-12/h6-7,9,11H,3-5,8H2,1-2H3,(H,17,19). The molecular weight excluding hydrogens is 263 g/mol. The van der Waals surface area contributed by atoms with Crippen LogP contribution in [0.4, 0.5) is 9.18 Å². The average Bonchev–Trinajstić information content (AvgIpc) is 2.41. The maximum Gasteiger partial charge on any atom is 0.317 e. The highest BCUT2D eigenvalue weighted by atomic mass is 19.1. The van der Waals surface area contributed by atoms with Crippen molar-refractivity contribution in [1.82, 2.24) is 20.2 Å². The SMILES string of the molecule is CC(C)NC(=O)N1CCCC(Oc2ncc(F)cn2)C1. The van der Waals surface area contributed by atoms with Gasteiger partial charge in [0.15, 0.2) is 5.82 Å². The van der Waals surface area contributed by atoms with Crippen LogP contribution >= 0.6 is 0 Å². The number of urea groups is 1. The van der Waals surface area contributed by atoms with Gasteiger partial charge in [-0.05, 0) is 26.7 Å². The molecule has 1 aromatic rings. The first-order chi connectivity index (χ1) is 9.54. The van der Waals surface area contributed by atoms with E-state index in [1.165, 1.54) is 0 Å². The fourth-order valence-electron chi connectivity index (χ4n) is 2.07. The minimum atomic E-state index is -0.501. The summed E-state index contributed by atoms with van der Waals surface area (Å²) in [5.74, 6) is -0.501. The van der Waals surface area contributed by atoms with E-state index in [9.17, 15) is 9.18 Å². The second-order valence-corrected chi connectivity index (χ2v) is 5.12. The molecule has 1 aromatic heterocycles. The van der Waals surface area contributed by atoms with Gasteiger partial charge in [-0.2, -0.15) is 0 Å². The largest absolute Gasteiger partial charge is 0.458 e. The first-order valence-corrected chi connectivity index (χ1v) is 6.74. The number of likely N-dealkylation sites (tertiary alicyclic amines) is 1. The van der Waals surface area contributed by atoms with Gasteiger partial charge < -0.3 is 15.0 Å². The molecule has 0 bridgehead atoms. The molecule has 1 aliphatic rings. The lowest BCUT2D eigenvalue weighted by Gasteiger charge is -2.32. The molecule has 7 heteroatoms. The zero-order valence-electron chi connectivity index (χ0n) is 11.7. The molecule has 0 aliphatic carbocycles. The number of ether oxygens (including phenoxy) is 1. The Morgan fingerprint density at radius 3 is 2.85 bits per heavy atom. The quantitative estimate of drug-likeness (QED) is 0.914. The molecule has 2 rings (SSSR count). The Morgan fingerprint density at radius 1 is 1.50 bits per heavy atom. The lowest BCUT2D eigenvalue weighted by Crippen LogP contribution is -2.50. The fourth-order valence-corrected chi connectivity index (χ4v) is 2.07. The molecule has 1 N–H and O–H groups in total. The second kappa shape index (κ2) is 6.49. The predicted octanol–water partition coefficient (Wildman–Crippen LogP) is 1.58. The summed E-state index contributed by atoms with van der Waals surface area (Å²) in [4.78, 5) is 21.2. The Bertz CT molecular complexity index is 452. The maximum absolute atomic E-state index is 12.7. The van der Waals surface area contributed by atoms with Crippen LogP contribution in [0, 0.1) is 5.82 Å². The second-order valence-electron chi connectivity index (χ2n) is 5.12. The molecule has 1 atom stereocenters. The number of nitrogens with one attached hydrogen (secondary N) is 1. The molecule has 110 valence electrons. The molecule has 2 heterocycles. The van der Waals surface area contributed by atoms with E-state index in [0.29, 0.717) is 13.1 Å². The lowest BCUT2D eigenvalue weighted by molar-refractivity contribution is 0.0930. The first-order valence-electron chi connectivity index (χ1n) is 6.74. The molecule has 1 aliphatic heterocycles. The van der Waals surface area contributed by atoms with Crippen LogP contribution in [0.15, 0.2) is 12.4 Å². The molecule has 2 amide bonds. The van der Waals surface area contributed by atoms with Crippen molar-refractivity contribution in [2.75, 3.05) is 13.1 Å². The highest BCUT2D eigenvalue weighted by Crippen LogP contribution is 2.15. The van der Waals surface area contributed by atoms with Gasteiger partial charge in [0.2, 0.25) is 0 Å². The normalized spacial score (nSPS) is 19.0. The van der Waals surface area contributed by atoms with Crippen LogP contribution in [-0.4, -0.2) is 46.1 Å². The van der Waals surface area contributed by atoms with Gasteiger partial charge in [0.25, 0.3) is 0 Å². The van der Waals surface area contributed by atoms with E-state index in [2.05, 4.69) is 15.3 Å². The summed E-state index contributed by atoms with van der Waals surface area (Å²) in [6.07, 6.45) is 3.65. The third-order valence-corrected chi connectivity index (χ3v) is 2.95. The number of aromatic nitrogens is 2. The van der Waals surface area contributed by atoms with Crippen LogP contribution in [0.2, 0.25) is 0 Å². The van der Waals surface area contributed by atoms with Gasteiger partial charge in [-0.1, -0.05) is 0 Å². The van der Waals surface area contributed by atoms with E-state index in [-0.39, 0.29) is 24.2 Å². The van der Waals surface area contributed by atoms with Crippen LogP contribution in [0.5, 0.6) is 6.01 Å². The number of amides is 2. The van der Waals surface area contributed by atoms with Gasteiger partial charge in [-0.25, -0.2) is 19.2 Å². The number of halogens is 1. The number of nitrogens with zero attached hydrogens (tertiary/aromatic N) is 3. The third-order valence-electron chi connectivity index (χ3n) is 2.95. The molecule has 0 spiro atoms. The topological polar surface area (TPSA) is 67.4 Å². The number of hydrogen-bond acceptors (Lipinski definition) is 4. The van der Waals surface area contributed by atoms with Gasteiger partial charge in [-0.3, -0.25) is 0 Å². The highest BCUT2D eigenvalue weighted by Gasteiger charge is 2.25. The van der Waals surface area contributed by atoms with Crippen molar-refractivity contribution in [2.45, 2.75) is 38.8 Å². The van der Waals surface area contributed by atoms with E-state index >= 15 is 0 Å². The highest BCUT2D eigenvalue weighted by molar-refractivity contribution is 5.74. The molecule has 0 saturated carbocycles. The van der Waals surface area contributed by atoms with Crippen molar-refractivity contribution in [3.8, 4) is 6.01 Å². The van der Waals surface area contributed by atoms with Crippen molar-refractivity contribution in [1.29, 1.82) is 0 Å². The van der Waals surface area contributed by atoms with Crippen molar-refractivity contribution in [2.24, 2.45) is 0 Å². The Morgan fingerprint density at radius 2 is 2.20 bits per heavy atom. The van der Waals surface area contributed by atoms with Gasteiger partial charge in [0, 0.05) is 12.6 Å². The molecule has 0 radical (unpaired) electrons. The minimum Gasteiger partial charge on any atom is -0.458 e. The monoisotopic (exact) mass is 282 g/mol. The third kappa shape index (κ3) is 4.04. The van der Waals surface area contributed by atoms with Gasteiger partial charge in [0.05, 0.1) is 18.9 Å². The molecular formula is C13H19FN4O2. The fraction of sp³-hybridized carbons (Fsp3) is 0.615. The maximum atomic E-state index is 12.7. The van der Waals surface area contributed by atoms with E-state index in [4.69, 9.17) is 4.74 Å². The summed E-state index contributed by atoms with van der Waals surface area (Å²) < 4.78 is 18.3. The summed E-state index contributed by atoms with van der Waals surface area (Å²) in [6, 6.07) is 0.153. The number of piperidine rings is 1. The van der Waals surface area contributed by atoms with Gasteiger partial charge in [-0.15, -0.1) is 0 Å². The summed E-state index contributed by atoms with van der Waals surface area (Å²) in [5.41, 5.74) is 0. The minimum absolute atomic E-state index is 0.0895. The van der Waals surface area contributed by atoms with Crippen molar-refractivity contribution >= 4 is 6.03 Å². The number of carbonyl (C=O) groups excluding carboxylic acids is 1. The van der Waals surface area contributed by atoms with Crippen LogP contribution in [0.25, 0.3) is 0 Å². The van der Waals surface area contributed by atoms with E-state index < -0.39 is 5.82 Å². The van der Waals surface area contributed by atoms with Crippen molar-refractivity contribution in [3.05, 3.63) is 18.2 Å². The van der Waals surface area contributed by atoms with Crippen molar-refractivity contribution < 1.29 is 13.9 Å². The van der Waals surface area contributed by atoms with E-state index in [0.717, 1.165) is 25.2 Å². The van der Waals surface area contributed by atoms with Crippen LogP contribution in [0.1, 0.15) is 26.7 Å². The summed E-state index contributed by atoms with van der Waals surface area (Å²) in [6.45, 7) is 5.03. The molecule has 0 aromatic carbocycles. The Labute approximate surface area is 117 Å². The predicted molar refractivity (Wildman–Crippen MR) is 70.9 cm³/mol. The van der Waals surface area contributed by atoms with E-state index in [1.807, 2.05) is 13.8 Å².